The molecule has 0 aliphatic carbocycles. The molecule has 0 saturated carbocycles. The first-order valence-corrected chi connectivity index (χ1v) is 9.58. The number of amides is 3. The molecule has 2 aliphatic heterocycles. The van der Waals surface area contributed by atoms with Crippen molar-refractivity contribution >= 4 is 59.2 Å². The first-order chi connectivity index (χ1) is 13.1. The molecule has 1 aromatic rings. The van der Waals surface area contributed by atoms with Crippen LogP contribution in [-0.4, -0.2) is 80.1 Å². The average Bonchev–Trinajstić information content (AvgIpc) is 2.99. The average molecular weight is 521 g/mol. The number of guanidine groups is 1. The number of rotatable bonds is 5. The van der Waals surface area contributed by atoms with Crippen LogP contribution in [0.2, 0.25) is 5.02 Å². The summed E-state index contributed by atoms with van der Waals surface area (Å²) in [6, 6.07) is 7.55. The van der Waals surface area contributed by atoms with Gasteiger partial charge in [-0.05, 0) is 25.1 Å². The fraction of sp³-hybridized carbons (Fsp3) is 0.500. The van der Waals surface area contributed by atoms with Gasteiger partial charge in [0.1, 0.15) is 0 Å². The molecule has 0 unspecified atom stereocenters. The maximum Gasteiger partial charge on any atom is 0.324 e. The van der Waals surface area contributed by atoms with Crippen molar-refractivity contribution in [3.8, 4) is 0 Å². The molecule has 8 nitrogen and oxygen atoms in total. The van der Waals surface area contributed by atoms with E-state index in [0.29, 0.717) is 13.1 Å². The molecule has 10 heteroatoms. The Morgan fingerprint density at radius 2 is 2.00 bits per heavy atom. The molecule has 2 fully saturated rings. The minimum Gasteiger partial charge on any atom is -0.368 e. The van der Waals surface area contributed by atoms with E-state index < -0.39 is 0 Å². The number of urea groups is 1. The van der Waals surface area contributed by atoms with Gasteiger partial charge in [-0.1, -0.05) is 17.7 Å². The van der Waals surface area contributed by atoms with E-state index in [1.165, 1.54) is 4.90 Å². The fourth-order valence-corrected chi connectivity index (χ4v) is 3.40. The summed E-state index contributed by atoms with van der Waals surface area (Å²) >= 11 is 6.09. The van der Waals surface area contributed by atoms with Crippen LogP contribution in [-0.2, 0) is 4.79 Å². The molecule has 0 atom stereocenters. The second-order valence-electron chi connectivity index (χ2n) is 6.39. The van der Waals surface area contributed by atoms with Gasteiger partial charge in [-0.25, -0.2) is 4.79 Å². The van der Waals surface area contributed by atoms with Crippen LogP contribution in [0.3, 0.4) is 0 Å². The van der Waals surface area contributed by atoms with E-state index in [9.17, 15) is 9.59 Å². The van der Waals surface area contributed by atoms with E-state index >= 15 is 0 Å². The van der Waals surface area contributed by atoms with Crippen LogP contribution in [0.1, 0.15) is 6.92 Å². The predicted octanol–water partition coefficient (Wildman–Crippen LogP) is 1.60. The van der Waals surface area contributed by atoms with E-state index in [1.54, 1.807) is 0 Å². The van der Waals surface area contributed by atoms with Crippen molar-refractivity contribution in [2.45, 2.75) is 6.92 Å². The number of nitrogens with zero attached hydrogens (tertiary/aromatic N) is 4. The summed E-state index contributed by atoms with van der Waals surface area (Å²) in [6.07, 6.45) is 0. The van der Waals surface area contributed by atoms with Crippen molar-refractivity contribution in [3.05, 3.63) is 29.3 Å². The summed E-state index contributed by atoms with van der Waals surface area (Å²) < 4.78 is 0. The smallest absolute Gasteiger partial charge is 0.324 e. The van der Waals surface area contributed by atoms with Gasteiger partial charge in [0.25, 0.3) is 0 Å². The van der Waals surface area contributed by atoms with Crippen molar-refractivity contribution < 1.29 is 9.59 Å². The molecule has 2 aliphatic rings. The molecule has 3 rings (SSSR count). The first-order valence-electron chi connectivity index (χ1n) is 9.20. The maximum atomic E-state index is 11.6. The summed E-state index contributed by atoms with van der Waals surface area (Å²) in [6.45, 7) is 6.95. The maximum absolute atomic E-state index is 11.6. The molecule has 2 heterocycles. The molecule has 2 saturated heterocycles. The van der Waals surface area contributed by atoms with Crippen LogP contribution >= 0.6 is 35.6 Å². The summed E-state index contributed by atoms with van der Waals surface area (Å²) in [5.74, 6) is 0.616. The second-order valence-corrected chi connectivity index (χ2v) is 6.83. The van der Waals surface area contributed by atoms with E-state index in [2.05, 4.69) is 31.5 Å². The van der Waals surface area contributed by atoms with Gasteiger partial charge < -0.3 is 20.4 Å². The first kappa shape index (κ1) is 22.5. The van der Waals surface area contributed by atoms with Gasteiger partial charge in [0.2, 0.25) is 5.91 Å². The van der Waals surface area contributed by atoms with Crippen LogP contribution < -0.4 is 15.5 Å². The zero-order valence-corrected chi connectivity index (χ0v) is 18.9. The van der Waals surface area contributed by atoms with E-state index in [1.807, 2.05) is 25.1 Å². The zero-order chi connectivity index (χ0) is 19.2. The van der Waals surface area contributed by atoms with Gasteiger partial charge in [0.15, 0.2) is 5.96 Å². The lowest BCUT2D eigenvalue weighted by atomic mass is 10.2. The number of imide groups is 1. The Balaban J connectivity index is 0.00000280. The Morgan fingerprint density at radius 1 is 1.25 bits per heavy atom. The van der Waals surface area contributed by atoms with Crippen molar-refractivity contribution in [1.82, 2.24) is 20.4 Å². The van der Waals surface area contributed by atoms with Crippen LogP contribution in [0.15, 0.2) is 29.3 Å². The van der Waals surface area contributed by atoms with Crippen molar-refractivity contribution in [3.63, 3.8) is 0 Å². The number of carbonyl (C=O) groups excluding carboxylic acids is 2. The van der Waals surface area contributed by atoms with E-state index in [0.717, 1.165) is 49.4 Å². The number of carbonyl (C=O) groups is 2. The van der Waals surface area contributed by atoms with Crippen molar-refractivity contribution in [2.75, 3.05) is 57.3 Å². The van der Waals surface area contributed by atoms with Gasteiger partial charge in [0.05, 0.1) is 19.6 Å². The molecule has 1 aromatic carbocycles. The SMILES string of the molecule is CCNC(=NCCN1C(=O)CNC1=O)N1CCN(c2cccc(Cl)c2)CC1.I. The predicted molar refractivity (Wildman–Crippen MR) is 122 cm³/mol. The number of aliphatic imine (C=N–C) groups is 1. The van der Waals surface area contributed by atoms with Crippen LogP contribution in [0.25, 0.3) is 0 Å². The number of hydrogen-bond acceptors (Lipinski definition) is 4. The third-order valence-corrected chi connectivity index (χ3v) is 4.84. The normalized spacial score (nSPS) is 17.5. The highest BCUT2D eigenvalue weighted by atomic mass is 127. The Morgan fingerprint density at radius 3 is 2.61 bits per heavy atom. The van der Waals surface area contributed by atoms with Gasteiger partial charge in [0, 0.05) is 43.4 Å². The van der Waals surface area contributed by atoms with Crippen LogP contribution in [0.5, 0.6) is 0 Å². The zero-order valence-electron chi connectivity index (χ0n) is 15.9. The second kappa shape index (κ2) is 10.7. The monoisotopic (exact) mass is 520 g/mol. The van der Waals surface area contributed by atoms with Gasteiger partial charge in [-0.2, -0.15) is 0 Å². The third-order valence-electron chi connectivity index (χ3n) is 4.61. The Bertz CT molecular complexity index is 708. The molecule has 3 amide bonds. The molecule has 28 heavy (non-hydrogen) atoms. The Kier molecular flexibility index (Phi) is 8.61. The topological polar surface area (TPSA) is 80.3 Å². The Labute approximate surface area is 187 Å². The van der Waals surface area contributed by atoms with Gasteiger partial charge in [-0.15, -0.1) is 24.0 Å². The van der Waals surface area contributed by atoms with Crippen molar-refractivity contribution in [2.24, 2.45) is 4.99 Å². The molecule has 0 aromatic heterocycles. The molecular weight excluding hydrogens is 495 g/mol. The minimum atomic E-state index is -0.338. The quantitative estimate of drug-likeness (QED) is 0.267. The highest BCUT2D eigenvalue weighted by molar-refractivity contribution is 14.0. The number of halogens is 2. The third kappa shape index (κ3) is 5.63. The molecule has 0 spiro atoms. The summed E-state index contributed by atoms with van der Waals surface area (Å²) in [5.41, 5.74) is 1.13. The highest BCUT2D eigenvalue weighted by Crippen LogP contribution is 2.20. The van der Waals surface area contributed by atoms with Crippen LogP contribution in [0, 0.1) is 0 Å². The van der Waals surface area contributed by atoms with Gasteiger partial charge in [-0.3, -0.25) is 14.7 Å². The molecule has 0 bridgehead atoms. The van der Waals surface area contributed by atoms with E-state index in [-0.39, 0.29) is 42.5 Å². The fourth-order valence-electron chi connectivity index (χ4n) is 3.21. The lowest BCUT2D eigenvalue weighted by Crippen LogP contribution is -2.52. The standard InChI is InChI=1S/C18H25ClN6O2.HI/c1-2-20-17(21-6-7-25-16(26)13-22-18(25)27)24-10-8-23(9-11-24)15-5-3-4-14(19)12-15;/h3-5,12H,2,6-11,13H2,1H3,(H,20,21)(H,22,27);1H. The highest BCUT2D eigenvalue weighted by Gasteiger charge is 2.27. The largest absolute Gasteiger partial charge is 0.368 e. The summed E-state index contributed by atoms with van der Waals surface area (Å²) in [7, 11) is 0. The number of anilines is 1. The molecule has 0 radical (unpaired) electrons. The minimum absolute atomic E-state index is 0. The molecule has 2 N–H and O–H groups in total. The number of hydrogen-bond donors (Lipinski definition) is 2. The van der Waals surface area contributed by atoms with E-state index in [4.69, 9.17) is 11.6 Å². The number of benzene rings is 1. The van der Waals surface area contributed by atoms with Gasteiger partial charge >= 0.3 is 6.03 Å². The number of nitrogens with one attached hydrogen (secondary N) is 2. The lowest BCUT2D eigenvalue weighted by Gasteiger charge is -2.37. The number of piperazine rings is 1. The van der Waals surface area contributed by atoms with Crippen molar-refractivity contribution in [1.29, 1.82) is 0 Å². The van der Waals surface area contributed by atoms with Crippen LogP contribution in [0.4, 0.5) is 10.5 Å². The Hall–Kier alpha value is -1.75. The summed E-state index contributed by atoms with van der Waals surface area (Å²) in [5, 5.41) is 6.56. The molecular formula is C18H26ClIN6O2. The molecule has 154 valence electrons. The summed E-state index contributed by atoms with van der Waals surface area (Å²) in [4.78, 5) is 33.5. The lowest BCUT2D eigenvalue weighted by molar-refractivity contribution is -0.124.